The molecule has 0 saturated carbocycles. The van der Waals surface area contributed by atoms with Gasteiger partial charge in [-0.1, -0.05) is 0 Å². The van der Waals surface area contributed by atoms with Gasteiger partial charge in [0.05, 0.1) is 12.8 Å². The second-order valence-corrected chi connectivity index (χ2v) is 5.47. The number of hydrogen-bond acceptors (Lipinski definition) is 4. The number of carbonyl (C=O) groups is 1. The van der Waals surface area contributed by atoms with Gasteiger partial charge in [-0.05, 0) is 50.2 Å². The Kier molecular flexibility index (Phi) is 4.11. The molecule has 1 fully saturated rings. The number of imidazole rings is 1. The van der Waals surface area contributed by atoms with Gasteiger partial charge in [0.15, 0.2) is 0 Å². The third kappa shape index (κ3) is 2.96. The number of nitrogens with zero attached hydrogens (tertiary/aromatic N) is 1. The summed E-state index contributed by atoms with van der Waals surface area (Å²) in [7, 11) is 1.58. The van der Waals surface area contributed by atoms with E-state index in [0.717, 1.165) is 25.9 Å². The molecule has 1 aromatic heterocycles. The normalized spacial score (nSPS) is 15.1. The maximum atomic E-state index is 12.6. The summed E-state index contributed by atoms with van der Waals surface area (Å²) < 4.78 is 5.09. The van der Waals surface area contributed by atoms with Crippen molar-refractivity contribution in [1.82, 2.24) is 14.9 Å². The minimum atomic E-state index is -0.342. The highest BCUT2D eigenvalue weighted by molar-refractivity contribution is 6.08. The van der Waals surface area contributed by atoms with Crippen LogP contribution >= 0.6 is 0 Å². The number of aromatic nitrogens is 2. The number of aromatic amines is 2. The second-order valence-electron chi connectivity index (χ2n) is 5.47. The molecule has 2 N–H and O–H groups in total. The van der Waals surface area contributed by atoms with Crippen LogP contribution < -0.4 is 10.4 Å². The van der Waals surface area contributed by atoms with Gasteiger partial charge in [-0.2, -0.15) is 0 Å². The summed E-state index contributed by atoms with van der Waals surface area (Å²) in [6.07, 6.45) is 2.33. The minimum Gasteiger partial charge on any atom is -0.497 e. The summed E-state index contributed by atoms with van der Waals surface area (Å²) in [6, 6.07) is 6.87. The third-order valence-electron chi connectivity index (χ3n) is 3.96. The van der Waals surface area contributed by atoms with Crippen LogP contribution in [0, 0.1) is 0 Å². The zero-order valence-corrected chi connectivity index (χ0v) is 12.5. The molecule has 1 saturated heterocycles. The predicted octanol–water partition coefficient (Wildman–Crippen LogP) is 1.54. The van der Waals surface area contributed by atoms with E-state index >= 15 is 0 Å². The first kappa shape index (κ1) is 14.6. The topological polar surface area (TPSA) is 78.2 Å². The average Bonchev–Trinajstić information content (AvgIpc) is 3.17. The smallest absolute Gasteiger partial charge is 0.323 e. The van der Waals surface area contributed by atoms with E-state index in [9.17, 15) is 9.59 Å². The van der Waals surface area contributed by atoms with Crippen LogP contribution in [0.15, 0.2) is 29.1 Å². The molecule has 1 aliphatic rings. The monoisotopic (exact) mass is 301 g/mol. The molecule has 0 amide bonds. The number of ketones is 1. The van der Waals surface area contributed by atoms with Crippen LogP contribution in [0.3, 0.4) is 0 Å². The summed E-state index contributed by atoms with van der Waals surface area (Å²) >= 11 is 0. The predicted molar refractivity (Wildman–Crippen MR) is 82.4 cm³/mol. The van der Waals surface area contributed by atoms with Crippen molar-refractivity contribution < 1.29 is 9.53 Å². The number of benzene rings is 1. The van der Waals surface area contributed by atoms with Gasteiger partial charge in [0, 0.05) is 12.1 Å². The van der Waals surface area contributed by atoms with Gasteiger partial charge < -0.3 is 14.7 Å². The zero-order valence-electron chi connectivity index (χ0n) is 12.5. The molecule has 0 aliphatic carbocycles. The Bertz CT molecular complexity index is 709. The van der Waals surface area contributed by atoms with E-state index in [1.165, 1.54) is 0 Å². The van der Waals surface area contributed by atoms with Gasteiger partial charge in [-0.25, -0.2) is 4.79 Å². The molecule has 0 radical (unpaired) electrons. The molecular formula is C16H19N3O3. The number of rotatable bonds is 5. The Morgan fingerprint density at radius 2 is 1.86 bits per heavy atom. The lowest BCUT2D eigenvalue weighted by atomic mass is 10.1. The Morgan fingerprint density at radius 1 is 1.18 bits per heavy atom. The molecule has 2 aromatic rings. The molecule has 0 unspecified atom stereocenters. The number of nitrogens with one attached hydrogen (secondary N) is 2. The van der Waals surface area contributed by atoms with E-state index in [4.69, 9.17) is 4.74 Å². The molecule has 6 heteroatoms. The van der Waals surface area contributed by atoms with Crippen molar-refractivity contribution in [1.29, 1.82) is 0 Å². The van der Waals surface area contributed by atoms with Crippen molar-refractivity contribution >= 4 is 5.78 Å². The highest BCUT2D eigenvalue weighted by Gasteiger charge is 2.20. The first-order valence-electron chi connectivity index (χ1n) is 7.39. The van der Waals surface area contributed by atoms with Crippen molar-refractivity contribution in [2.45, 2.75) is 19.4 Å². The fourth-order valence-electron chi connectivity index (χ4n) is 2.78. The van der Waals surface area contributed by atoms with Crippen molar-refractivity contribution in [3.8, 4) is 5.75 Å². The lowest BCUT2D eigenvalue weighted by Gasteiger charge is -2.13. The van der Waals surface area contributed by atoms with Gasteiger partial charge in [0.25, 0.3) is 0 Å². The van der Waals surface area contributed by atoms with E-state index in [2.05, 4.69) is 14.9 Å². The van der Waals surface area contributed by atoms with E-state index < -0.39 is 0 Å². The zero-order chi connectivity index (χ0) is 15.5. The minimum absolute atomic E-state index is 0.185. The van der Waals surface area contributed by atoms with Gasteiger partial charge in [-0.15, -0.1) is 0 Å². The lowest BCUT2D eigenvalue weighted by Crippen LogP contribution is -2.20. The summed E-state index contributed by atoms with van der Waals surface area (Å²) in [5, 5.41) is 0. The van der Waals surface area contributed by atoms with Gasteiger partial charge in [0.2, 0.25) is 5.78 Å². The molecule has 0 spiro atoms. The highest BCUT2D eigenvalue weighted by atomic mass is 16.5. The number of hydrogen-bond donors (Lipinski definition) is 2. The molecule has 22 heavy (non-hydrogen) atoms. The lowest BCUT2D eigenvalue weighted by molar-refractivity contribution is 0.103. The molecule has 2 heterocycles. The maximum absolute atomic E-state index is 12.6. The van der Waals surface area contributed by atoms with Gasteiger partial charge >= 0.3 is 5.69 Å². The van der Waals surface area contributed by atoms with Crippen LogP contribution in [-0.2, 0) is 6.54 Å². The van der Waals surface area contributed by atoms with E-state index in [0.29, 0.717) is 29.2 Å². The summed E-state index contributed by atoms with van der Waals surface area (Å²) in [6.45, 7) is 2.60. The molecular weight excluding hydrogens is 282 g/mol. The first-order chi connectivity index (χ1) is 10.7. The SMILES string of the molecule is COc1ccc(C(=O)c2[nH]c(=O)[nH]c2CN2CCCC2)cc1. The van der Waals surface area contributed by atoms with E-state index in [1.807, 2.05) is 0 Å². The standard InChI is InChI=1S/C16H19N3O3/c1-22-12-6-4-11(5-7-12)15(20)14-13(17-16(21)18-14)10-19-8-2-3-9-19/h4-7H,2-3,8-10H2,1H3,(H2,17,18,21). The Balaban J connectivity index is 1.86. The number of H-pyrrole nitrogens is 2. The summed E-state index contributed by atoms with van der Waals surface area (Å²) in [5.41, 5.74) is 1.19. The largest absolute Gasteiger partial charge is 0.497 e. The van der Waals surface area contributed by atoms with Crippen molar-refractivity contribution in [2.75, 3.05) is 20.2 Å². The average molecular weight is 301 g/mol. The highest BCUT2D eigenvalue weighted by Crippen LogP contribution is 2.17. The molecule has 116 valence electrons. The molecule has 1 aliphatic heterocycles. The van der Waals surface area contributed by atoms with E-state index in [1.54, 1.807) is 31.4 Å². The van der Waals surface area contributed by atoms with E-state index in [-0.39, 0.29) is 11.5 Å². The van der Waals surface area contributed by atoms with Crippen molar-refractivity contribution in [3.05, 3.63) is 51.7 Å². The Morgan fingerprint density at radius 3 is 2.50 bits per heavy atom. The summed E-state index contributed by atoms with van der Waals surface area (Å²) in [5.74, 6) is 0.506. The molecule has 3 rings (SSSR count). The Hall–Kier alpha value is -2.34. The number of carbonyl (C=O) groups excluding carboxylic acids is 1. The maximum Gasteiger partial charge on any atom is 0.323 e. The Labute approximate surface area is 128 Å². The number of methoxy groups -OCH3 is 1. The molecule has 6 nitrogen and oxygen atoms in total. The van der Waals surface area contributed by atoms with Crippen LogP contribution in [0.2, 0.25) is 0 Å². The van der Waals surface area contributed by atoms with Crippen LogP contribution in [-0.4, -0.2) is 40.9 Å². The number of likely N-dealkylation sites (tertiary alicyclic amines) is 1. The van der Waals surface area contributed by atoms with Crippen LogP contribution in [0.25, 0.3) is 0 Å². The first-order valence-corrected chi connectivity index (χ1v) is 7.39. The number of ether oxygens (including phenoxy) is 1. The van der Waals surface area contributed by atoms with Gasteiger partial charge in [0.1, 0.15) is 11.4 Å². The quantitative estimate of drug-likeness (QED) is 0.821. The van der Waals surface area contributed by atoms with Crippen molar-refractivity contribution in [2.24, 2.45) is 0 Å². The summed E-state index contributed by atoms with van der Waals surface area (Å²) in [4.78, 5) is 31.8. The fraction of sp³-hybridized carbons (Fsp3) is 0.375. The second kappa shape index (κ2) is 6.19. The third-order valence-corrected chi connectivity index (χ3v) is 3.96. The molecule has 1 aromatic carbocycles. The molecule has 0 atom stereocenters. The fourth-order valence-corrected chi connectivity index (χ4v) is 2.78. The van der Waals surface area contributed by atoms with Crippen LogP contribution in [0.4, 0.5) is 0 Å². The van der Waals surface area contributed by atoms with Crippen LogP contribution in [0.1, 0.15) is 34.6 Å². The van der Waals surface area contributed by atoms with Gasteiger partial charge in [-0.3, -0.25) is 9.69 Å². The van der Waals surface area contributed by atoms with Crippen LogP contribution in [0.5, 0.6) is 5.75 Å². The van der Waals surface area contributed by atoms with Crippen molar-refractivity contribution in [3.63, 3.8) is 0 Å². The molecule has 0 bridgehead atoms.